The molecule has 1 aliphatic rings. The maximum atomic E-state index is 12.3. The fourth-order valence-corrected chi connectivity index (χ4v) is 3.64. The fourth-order valence-electron chi connectivity index (χ4n) is 3.64. The summed E-state index contributed by atoms with van der Waals surface area (Å²) in [5.41, 5.74) is 6.59. The van der Waals surface area contributed by atoms with Crippen molar-refractivity contribution in [2.75, 3.05) is 45.8 Å². The lowest BCUT2D eigenvalue weighted by Crippen LogP contribution is -2.28. The molecule has 0 unspecified atom stereocenters. The molecule has 10 nitrogen and oxygen atoms in total. The highest BCUT2D eigenvalue weighted by atomic mass is 16.5. The van der Waals surface area contributed by atoms with Crippen LogP contribution in [0.2, 0.25) is 0 Å². The monoisotopic (exact) mass is 453 g/mol. The van der Waals surface area contributed by atoms with Crippen molar-refractivity contribution in [2.45, 2.75) is 12.5 Å². The summed E-state index contributed by atoms with van der Waals surface area (Å²) < 4.78 is 12.2. The predicted molar refractivity (Wildman–Crippen MR) is 122 cm³/mol. The summed E-state index contributed by atoms with van der Waals surface area (Å²) in [6.45, 7) is 4.50. The summed E-state index contributed by atoms with van der Waals surface area (Å²) >= 11 is 0. The Balaban J connectivity index is 2.04. The van der Waals surface area contributed by atoms with Crippen LogP contribution in [-0.2, 0) is 4.79 Å². The first-order valence-electron chi connectivity index (χ1n) is 10.3. The SMILES string of the molecule is C=CC(=O)N1CC[C@H](n2nc(C#Cc3cc(OC)cc(OC)c3)c(C(N)=O)c2NCCO)C1. The van der Waals surface area contributed by atoms with Crippen LogP contribution in [0, 0.1) is 11.8 Å². The number of aromatic nitrogens is 2. The zero-order valence-corrected chi connectivity index (χ0v) is 18.6. The summed E-state index contributed by atoms with van der Waals surface area (Å²) in [4.78, 5) is 26.0. The molecule has 33 heavy (non-hydrogen) atoms. The van der Waals surface area contributed by atoms with Gasteiger partial charge in [-0.05, 0) is 30.6 Å². The third-order valence-electron chi connectivity index (χ3n) is 5.23. The molecule has 2 heterocycles. The van der Waals surface area contributed by atoms with Gasteiger partial charge >= 0.3 is 0 Å². The number of carbonyl (C=O) groups excluding carboxylic acids is 2. The molecule has 1 aliphatic heterocycles. The van der Waals surface area contributed by atoms with E-state index in [1.54, 1.807) is 42.0 Å². The fraction of sp³-hybridized carbons (Fsp3) is 0.348. The quantitative estimate of drug-likeness (QED) is 0.397. The van der Waals surface area contributed by atoms with Gasteiger partial charge in [0.15, 0.2) is 5.69 Å². The normalized spacial score (nSPS) is 14.9. The van der Waals surface area contributed by atoms with E-state index in [0.717, 1.165) is 0 Å². The molecule has 1 aromatic carbocycles. The number of methoxy groups -OCH3 is 2. The first kappa shape index (κ1) is 23.7. The Labute approximate surface area is 192 Å². The Morgan fingerprint density at radius 3 is 2.58 bits per heavy atom. The van der Waals surface area contributed by atoms with E-state index in [1.165, 1.54) is 6.08 Å². The molecule has 10 heteroatoms. The number of nitrogens with zero attached hydrogens (tertiary/aromatic N) is 3. The molecule has 1 atom stereocenters. The van der Waals surface area contributed by atoms with Gasteiger partial charge in [0.1, 0.15) is 22.9 Å². The smallest absolute Gasteiger partial charge is 0.255 e. The Morgan fingerprint density at radius 2 is 2.00 bits per heavy atom. The van der Waals surface area contributed by atoms with E-state index in [1.807, 2.05) is 0 Å². The number of nitrogens with one attached hydrogen (secondary N) is 1. The minimum Gasteiger partial charge on any atom is -0.497 e. The minimum absolute atomic E-state index is 0.124. The second-order valence-electron chi connectivity index (χ2n) is 7.31. The first-order chi connectivity index (χ1) is 15.9. The summed E-state index contributed by atoms with van der Waals surface area (Å²) in [7, 11) is 3.08. The van der Waals surface area contributed by atoms with Crippen molar-refractivity contribution in [3.63, 3.8) is 0 Å². The van der Waals surface area contributed by atoms with Crippen molar-refractivity contribution in [2.24, 2.45) is 5.73 Å². The average molecular weight is 453 g/mol. The van der Waals surface area contributed by atoms with E-state index < -0.39 is 5.91 Å². The van der Waals surface area contributed by atoms with Crippen LogP contribution >= 0.6 is 0 Å². The number of ether oxygens (including phenoxy) is 2. The van der Waals surface area contributed by atoms with Crippen LogP contribution in [0.1, 0.15) is 34.1 Å². The van der Waals surface area contributed by atoms with E-state index in [-0.39, 0.29) is 36.4 Å². The minimum atomic E-state index is -0.703. The van der Waals surface area contributed by atoms with Gasteiger partial charge in [-0.3, -0.25) is 9.59 Å². The highest BCUT2D eigenvalue weighted by Crippen LogP contribution is 2.29. The number of anilines is 1. The number of likely N-dealkylation sites (tertiary alicyclic amines) is 1. The van der Waals surface area contributed by atoms with Gasteiger partial charge in [-0.25, -0.2) is 4.68 Å². The van der Waals surface area contributed by atoms with Gasteiger partial charge in [0, 0.05) is 31.3 Å². The number of aliphatic hydroxyl groups excluding tert-OH is 1. The number of primary amides is 1. The number of hydrogen-bond acceptors (Lipinski definition) is 7. The van der Waals surface area contributed by atoms with Crippen LogP contribution in [0.5, 0.6) is 11.5 Å². The number of rotatable bonds is 8. The number of aliphatic hydroxyl groups is 1. The number of carbonyl (C=O) groups is 2. The van der Waals surface area contributed by atoms with Crippen molar-refractivity contribution in [3.8, 4) is 23.3 Å². The highest BCUT2D eigenvalue weighted by Gasteiger charge is 2.31. The molecule has 0 saturated carbocycles. The molecule has 1 fully saturated rings. The molecule has 2 aromatic rings. The zero-order chi connectivity index (χ0) is 24.0. The Morgan fingerprint density at radius 1 is 1.30 bits per heavy atom. The van der Waals surface area contributed by atoms with Gasteiger partial charge in [-0.2, -0.15) is 5.10 Å². The van der Waals surface area contributed by atoms with Gasteiger partial charge in [0.25, 0.3) is 5.91 Å². The van der Waals surface area contributed by atoms with E-state index in [9.17, 15) is 14.7 Å². The molecule has 3 rings (SSSR count). The number of benzene rings is 1. The summed E-state index contributed by atoms with van der Waals surface area (Å²) in [5, 5.41) is 16.9. The van der Waals surface area contributed by atoms with Gasteiger partial charge in [0.2, 0.25) is 5.91 Å². The van der Waals surface area contributed by atoms with Gasteiger partial charge in [-0.15, -0.1) is 0 Å². The van der Waals surface area contributed by atoms with Crippen molar-refractivity contribution in [3.05, 3.63) is 47.7 Å². The second-order valence-corrected chi connectivity index (χ2v) is 7.31. The van der Waals surface area contributed by atoms with Crippen LogP contribution in [0.4, 0.5) is 5.82 Å². The number of nitrogens with two attached hydrogens (primary N) is 1. The first-order valence-corrected chi connectivity index (χ1v) is 10.3. The standard InChI is InChI=1S/C23H27N5O5/c1-4-20(30)27-9-7-16(14-27)28-23(25-8-10-29)21(22(24)31)19(26-28)6-5-15-11-17(32-2)13-18(12-15)33-3/h4,11-13,16,25,29H,1,7-10,14H2,2-3H3,(H2,24,31)/t16-/m0/s1. The topological polar surface area (TPSA) is 132 Å². The molecular weight excluding hydrogens is 426 g/mol. The lowest BCUT2D eigenvalue weighted by Gasteiger charge is -2.17. The third kappa shape index (κ3) is 5.27. The van der Waals surface area contributed by atoms with Crippen molar-refractivity contribution in [1.29, 1.82) is 0 Å². The Bertz CT molecular complexity index is 1090. The summed E-state index contributed by atoms with van der Waals surface area (Å²) in [6.07, 6.45) is 1.90. The molecular formula is C23H27N5O5. The van der Waals surface area contributed by atoms with Gasteiger partial charge < -0.3 is 30.5 Å². The largest absolute Gasteiger partial charge is 0.497 e. The van der Waals surface area contributed by atoms with E-state index in [0.29, 0.717) is 42.4 Å². The molecule has 4 N–H and O–H groups in total. The van der Waals surface area contributed by atoms with Crippen LogP contribution in [-0.4, -0.2) is 72.1 Å². The molecule has 2 amide bonds. The molecule has 0 aliphatic carbocycles. The number of hydrogen-bond donors (Lipinski definition) is 3. The Kier molecular flexibility index (Phi) is 7.58. The van der Waals surface area contributed by atoms with Gasteiger partial charge in [0.05, 0.1) is 26.9 Å². The predicted octanol–water partition coefficient (Wildman–Crippen LogP) is 0.763. The van der Waals surface area contributed by atoms with Gasteiger partial charge in [-0.1, -0.05) is 12.5 Å². The van der Waals surface area contributed by atoms with Crippen LogP contribution < -0.4 is 20.5 Å². The zero-order valence-electron chi connectivity index (χ0n) is 18.6. The lowest BCUT2D eigenvalue weighted by molar-refractivity contribution is -0.125. The highest BCUT2D eigenvalue weighted by molar-refractivity contribution is 6.00. The van der Waals surface area contributed by atoms with Crippen LogP contribution in [0.15, 0.2) is 30.9 Å². The van der Waals surface area contributed by atoms with Crippen molar-refractivity contribution >= 4 is 17.6 Å². The number of amides is 2. The Hall–Kier alpha value is -3.97. The molecule has 0 spiro atoms. The van der Waals surface area contributed by atoms with Crippen molar-refractivity contribution in [1.82, 2.24) is 14.7 Å². The summed E-state index contributed by atoms with van der Waals surface area (Å²) in [6, 6.07) is 5.00. The molecule has 174 valence electrons. The average Bonchev–Trinajstić information content (AvgIpc) is 3.45. The molecule has 0 bridgehead atoms. The summed E-state index contributed by atoms with van der Waals surface area (Å²) in [5.74, 6) is 6.54. The van der Waals surface area contributed by atoms with E-state index in [4.69, 9.17) is 15.2 Å². The third-order valence-corrected chi connectivity index (χ3v) is 5.23. The maximum absolute atomic E-state index is 12.3. The lowest BCUT2D eigenvalue weighted by atomic mass is 10.1. The van der Waals surface area contributed by atoms with E-state index in [2.05, 4.69) is 28.8 Å². The molecule has 1 aromatic heterocycles. The van der Waals surface area contributed by atoms with Crippen LogP contribution in [0.3, 0.4) is 0 Å². The maximum Gasteiger partial charge on any atom is 0.255 e. The van der Waals surface area contributed by atoms with Crippen LogP contribution in [0.25, 0.3) is 0 Å². The van der Waals surface area contributed by atoms with Crippen molar-refractivity contribution < 1.29 is 24.2 Å². The van der Waals surface area contributed by atoms with E-state index >= 15 is 0 Å². The second kappa shape index (κ2) is 10.6. The molecule has 1 saturated heterocycles. The molecule has 0 radical (unpaired) electrons.